The van der Waals surface area contributed by atoms with E-state index < -0.39 is 0 Å². The molecule has 0 fully saturated rings. The van der Waals surface area contributed by atoms with Gasteiger partial charge in [0.05, 0.1) is 0 Å². The predicted molar refractivity (Wildman–Crippen MR) is 103 cm³/mol. The van der Waals surface area contributed by atoms with E-state index >= 15 is 0 Å². The van der Waals surface area contributed by atoms with E-state index in [0.717, 1.165) is 12.0 Å². The van der Waals surface area contributed by atoms with Gasteiger partial charge in [-0.15, -0.1) is 0 Å². The maximum Gasteiger partial charge on any atom is 0.227 e. The molecule has 0 bridgehead atoms. The minimum Gasteiger partial charge on any atom is -0.356 e. The van der Waals surface area contributed by atoms with Crippen LogP contribution < -0.4 is 5.32 Å². The number of aromatic nitrogens is 2. The fourth-order valence-corrected chi connectivity index (χ4v) is 3.28. The number of hydrogen-bond donors (Lipinski definition) is 1. The fourth-order valence-electron chi connectivity index (χ4n) is 2.58. The first kappa shape index (κ1) is 18.3. The molecule has 0 aliphatic heterocycles. The molecule has 2 aromatic heterocycles. The quantitative estimate of drug-likeness (QED) is 0.646. The summed E-state index contributed by atoms with van der Waals surface area (Å²) in [7, 11) is 0. The van der Waals surface area contributed by atoms with Gasteiger partial charge in [0.2, 0.25) is 17.6 Å². The van der Waals surface area contributed by atoms with Crippen molar-refractivity contribution in [3.63, 3.8) is 0 Å². The zero-order chi connectivity index (χ0) is 18.4. The molecule has 1 N–H and O–H groups in total. The monoisotopic (exact) mass is 369 g/mol. The molecule has 2 heterocycles. The van der Waals surface area contributed by atoms with Crippen LogP contribution in [0, 0.1) is 0 Å². The number of hydrogen-bond acceptors (Lipinski definition) is 5. The summed E-state index contributed by atoms with van der Waals surface area (Å²) in [6.45, 7) is 4.96. The van der Waals surface area contributed by atoms with Crippen LogP contribution in [0.1, 0.15) is 43.2 Å². The van der Waals surface area contributed by atoms with Gasteiger partial charge in [-0.25, -0.2) is 0 Å². The van der Waals surface area contributed by atoms with Crippen LogP contribution in [-0.2, 0) is 17.6 Å². The Morgan fingerprint density at radius 3 is 2.69 bits per heavy atom. The average Bonchev–Trinajstić information content (AvgIpc) is 3.32. The van der Waals surface area contributed by atoms with Crippen LogP contribution in [0.2, 0.25) is 0 Å². The summed E-state index contributed by atoms with van der Waals surface area (Å²) in [6, 6.07) is 10.2. The first-order chi connectivity index (χ1) is 12.6. The molecule has 0 saturated carbocycles. The van der Waals surface area contributed by atoms with Crippen molar-refractivity contribution in [1.82, 2.24) is 15.5 Å². The molecule has 0 radical (unpaired) electrons. The lowest BCUT2D eigenvalue weighted by Crippen LogP contribution is -2.25. The van der Waals surface area contributed by atoms with Gasteiger partial charge in [-0.05, 0) is 40.3 Å². The van der Waals surface area contributed by atoms with E-state index in [1.807, 2.05) is 17.5 Å². The van der Waals surface area contributed by atoms with Crippen molar-refractivity contribution < 1.29 is 9.32 Å². The molecule has 5 nitrogen and oxygen atoms in total. The molecular formula is C20H23N3O2S. The van der Waals surface area contributed by atoms with Crippen molar-refractivity contribution in [3.05, 3.63) is 58.1 Å². The minimum atomic E-state index is 0.00117. The first-order valence-electron chi connectivity index (χ1n) is 8.82. The highest BCUT2D eigenvalue weighted by atomic mass is 32.1. The summed E-state index contributed by atoms with van der Waals surface area (Å²) < 4.78 is 5.27. The second-order valence-electron chi connectivity index (χ2n) is 6.52. The molecule has 0 saturated heterocycles. The van der Waals surface area contributed by atoms with Crippen LogP contribution in [0.3, 0.4) is 0 Å². The molecule has 3 aromatic rings. The van der Waals surface area contributed by atoms with Crippen molar-refractivity contribution in [2.24, 2.45) is 0 Å². The number of nitrogens with one attached hydrogen (secondary N) is 1. The van der Waals surface area contributed by atoms with Gasteiger partial charge >= 0.3 is 0 Å². The van der Waals surface area contributed by atoms with Crippen LogP contribution in [0.5, 0.6) is 0 Å². The Bertz CT molecular complexity index is 823. The molecular weight excluding hydrogens is 346 g/mol. The number of amides is 1. The highest BCUT2D eigenvalue weighted by Gasteiger charge is 2.11. The zero-order valence-corrected chi connectivity index (χ0v) is 15.9. The Labute approximate surface area is 157 Å². The van der Waals surface area contributed by atoms with Crippen LogP contribution in [0.4, 0.5) is 0 Å². The number of nitrogens with zero attached hydrogens (tertiary/aromatic N) is 2. The van der Waals surface area contributed by atoms with Crippen molar-refractivity contribution in [2.75, 3.05) is 6.54 Å². The lowest BCUT2D eigenvalue weighted by atomic mass is 10.0. The Morgan fingerprint density at radius 2 is 2.00 bits per heavy atom. The van der Waals surface area contributed by atoms with E-state index in [1.54, 1.807) is 11.3 Å². The largest absolute Gasteiger partial charge is 0.356 e. The molecule has 0 aliphatic rings. The van der Waals surface area contributed by atoms with Crippen molar-refractivity contribution in [3.8, 4) is 11.4 Å². The van der Waals surface area contributed by atoms with E-state index in [2.05, 4.69) is 52.9 Å². The number of rotatable bonds is 8. The molecule has 26 heavy (non-hydrogen) atoms. The van der Waals surface area contributed by atoms with Crippen LogP contribution in [0.25, 0.3) is 11.4 Å². The van der Waals surface area contributed by atoms with Crippen LogP contribution in [-0.4, -0.2) is 22.6 Å². The molecule has 6 heteroatoms. The van der Waals surface area contributed by atoms with Gasteiger partial charge in [0.25, 0.3) is 0 Å². The molecule has 3 rings (SSSR count). The number of carbonyl (C=O) groups is 1. The molecule has 0 aliphatic carbocycles. The Kier molecular flexibility index (Phi) is 6.17. The van der Waals surface area contributed by atoms with Gasteiger partial charge in [-0.3, -0.25) is 4.79 Å². The molecule has 136 valence electrons. The van der Waals surface area contributed by atoms with Gasteiger partial charge < -0.3 is 9.84 Å². The maximum absolute atomic E-state index is 11.9. The summed E-state index contributed by atoms with van der Waals surface area (Å²) in [5.41, 5.74) is 3.45. The summed E-state index contributed by atoms with van der Waals surface area (Å²) in [5, 5.41) is 11.1. The first-order valence-corrected chi connectivity index (χ1v) is 9.77. The second kappa shape index (κ2) is 8.76. The Hall–Kier alpha value is -2.47. The Balaban J connectivity index is 1.46. The third kappa shape index (κ3) is 5.02. The summed E-state index contributed by atoms with van der Waals surface area (Å²) >= 11 is 1.67. The highest BCUT2D eigenvalue weighted by Crippen LogP contribution is 2.20. The van der Waals surface area contributed by atoms with E-state index in [0.29, 0.717) is 37.0 Å². The van der Waals surface area contributed by atoms with E-state index in [1.165, 1.54) is 11.1 Å². The topological polar surface area (TPSA) is 68.0 Å². The third-order valence-corrected chi connectivity index (χ3v) is 4.92. The molecule has 1 amide bonds. The average molecular weight is 369 g/mol. The summed E-state index contributed by atoms with van der Waals surface area (Å²) in [6.07, 6.45) is 1.64. The third-order valence-electron chi connectivity index (χ3n) is 4.19. The SMILES string of the molecule is CC(C)c1ccc(-c2noc(CCC(=O)NCCc3ccsc3)n2)cc1. The van der Waals surface area contributed by atoms with Crippen LogP contribution >= 0.6 is 11.3 Å². The predicted octanol–water partition coefficient (Wildman–Crippen LogP) is 4.21. The van der Waals surface area contributed by atoms with Crippen molar-refractivity contribution >= 4 is 17.2 Å². The standard InChI is InChI=1S/C20H23N3O2S/c1-14(2)16-3-5-17(6-4-16)20-22-19(25-23-20)8-7-18(24)21-11-9-15-10-12-26-13-15/h3-6,10,12-14H,7-9,11H2,1-2H3,(H,21,24). The lowest BCUT2D eigenvalue weighted by Gasteiger charge is -2.04. The smallest absolute Gasteiger partial charge is 0.227 e. The zero-order valence-electron chi connectivity index (χ0n) is 15.1. The number of aryl methyl sites for hydroxylation is 1. The van der Waals surface area contributed by atoms with E-state index in [4.69, 9.17) is 4.52 Å². The van der Waals surface area contributed by atoms with Gasteiger partial charge in [0.1, 0.15) is 0 Å². The second-order valence-corrected chi connectivity index (χ2v) is 7.30. The van der Waals surface area contributed by atoms with Crippen molar-refractivity contribution in [1.29, 1.82) is 0 Å². The number of benzene rings is 1. The van der Waals surface area contributed by atoms with Crippen LogP contribution in [0.15, 0.2) is 45.6 Å². The Morgan fingerprint density at radius 1 is 1.19 bits per heavy atom. The van der Waals surface area contributed by atoms with Gasteiger partial charge in [-0.2, -0.15) is 16.3 Å². The summed E-state index contributed by atoms with van der Waals surface area (Å²) in [5.74, 6) is 1.54. The van der Waals surface area contributed by atoms with Crippen molar-refractivity contribution in [2.45, 2.75) is 39.0 Å². The normalized spacial score (nSPS) is 11.0. The van der Waals surface area contributed by atoms with E-state index in [-0.39, 0.29) is 5.91 Å². The highest BCUT2D eigenvalue weighted by molar-refractivity contribution is 7.07. The lowest BCUT2D eigenvalue weighted by molar-refractivity contribution is -0.121. The minimum absolute atomic E-state index is 0.00117. The molecule has 0 spiro atoms. The maximum atomic E-state index is 11.9. The summed E-state index contributed by atoms with van der Waals surface area (Å²) in [4.78, 5) is 16.3. The molecule has 0 unspecified atom stereocenters. The van der Waals surface area contributed by atoms with Gasteiger partial charge in [0.15, 0.2) is 0 Å². The van der Waals surface area contributed by atoms with Gasteiger partial charge in [0, 0.05) is 24.9 Å². The van der Waals surface area contributed by atoms with E-state index in [9.17, 15) is 4.79 Å². The number of carbonyl (C=O) groups excluding carboxylic acids is 1. The number of thiophene rings is 1. The molecule has 0 atom stereocenters. The fraction of sp³-hybridized carbons (Fsp3) is 0.350. The van der Waals surface area contributed by atoms with Gasteiger partial charge in [-0.1, -0.05) is 43.3 Å². The molecule has 1 aromatic carbocycles.